The number of aryl methyl sites for hydroxylation is 2. The molecular weight excluding hydrogens is 322 g/mol. The number of hydrogen-bond acceptors (Lipinski definition) is 2. The lowest BCUT2D eigenvalue weighted by Crippen LogP contribution is -2.40. The Balaban J connectivity index is 2.08. The number of carbonyl (C=O) groups excluding carboxylic acids is 2. The molecule has 3 amide bonds. The van der Waals surface area contributed by atoms with Crippen molar-refractivity contribution in [1.29, 1.82) is 0 Å². The summed E-state index contributed by atoms with van der Waals surface area (Å²) in [4.78, 5) is 24.9. The van der Waals surface area contributed by atoms with E-state index >= 15 is 0 Å². The van der Waals surface area contributed by atoms with Crippen molar-refractivity contribution < 1.29 is 9.59 Å². The molecule has 6 heteroatoms. The van der Waals surface area contributed by atoms with Crippen LogP contribution in [0.25, 0.3) is 0 Å². The van der Waals surface area contributed by atoms with Crippen LogP contribution < -0.4 is 11.1 Å². The van der Waals surface area contributed by atoms with E-state index in [0.717, 1.165) is 22.0 Å². The molecular formula is C14H18BrN3O2. The van der Waals surface area contributed by atoms with Crippen LogP contribution >= 0.6 is 15.9 Å². The molecule has 0 aliphatic carbocycles. The van der Waals surface area contributed by atoms with Gasteiger partial charge in [-0.3, -0.25) is 4.79 Å². The second-order valence-corrected chi connectivity index (χ2v) is 5.98. The maximum Gasteiger partial charge on any atom is 0.314 e. The fourth-order valence-electron chi connectivity index (χ4n) is 2.46. The molecule has 1 aromatic carbocycles. The normalized spacial score (nSPS) is 18.1. The van der Waals surface area contributed by atoms with Crippen LogP contribution in [-0.4, -0.2) is 36.0 Å². The van der Waals surface area contributed by atoms with Crippen LogP contribution in [0.15, 0.2) is 16.6 Å². The molecule has 1 aliphatic heterocycles. The van der Waals surface area contributed by atoms with Crippen LogP contribution in [-0.2, 0) is 0 Å². The smallest absolute Gasteiger partial charge is 0.314 e. The van der Waals surface area contributed by atoms with Crippen molar-refractivity contribution in [2.75, 3.05) is 13.1 Å². The molecule has 1 heterocycles. The van der Waals surface area contributed by atoms with E-state index in [1.807, 2.05) is 26.0 Å². The summed E-state index contributed by atoms with van der Waals surface area (Å²) in [5.41, 5.74) is 7.93. The average molecular weight is 340 g/mol. The molecule has 1 unspecified atom stereocenters. The summed E-state index contributed by atoms with van der Waals surface area (Å²) in [7, 11) is 0. The monoisotopic (exact) mass is 339 g/mol. The molecule has 0 bridgehead atoms. The van der Waals surface area contributed by atoms with Gasteiger partial charge in [0.15, 0.2) is 0 Å². The predicted molar refractivity (Wildman–Crippen MR) is 80.6 cm³/mol. The van der Waals surface area contributed by atoms with Crippen LogP contribution in [0.5, 0.6) is 0 Å². The highest BCUT2D eigenvalue weighted by atomic mass is 79.9. The Labute approximate surface area is 126 Å². The first-order chi connectivity index (χ1) is 9.38. The molecule has 1 aromatic rings. The van der Waals surface area contributed by atoms with Crippen LogP contribution in [0, 0.1) is 13.8 Å². The fourth-order valence-corrected chi connectivity index (χ4v) is 2.87. The van der Waals surface area contributed by atoms with E-state index in [0.29, 0.717) is 18.7 Å². The minimum Gasteiger partial charge on any atom is -0.351 e. The van der Waals surface area contributed by atoms with Gasteiger partial charge in [0, 0.05) is 23.6 Å². The zero-order valence-electron chi connectivity index (χ0n) is 11.6. The molecule has 1 saturated heterocycles. The molecule has 108 valence electrons. The van der Waals surface area contributed by atoms with Gasteiger partial charge in [-0.1, -0.05) is 6.07 Å². The molecule has 2 rings (SSSR count). The summed E-state index contributed by atoms with van der Waals surface area (Å²) in [6.45, 7) is 4.98. The minimum atomic E-state index is -0.436. The van der Waals surface area contributed by atoms with Gasteiger partial charge >= 0.3 is 6.03 Å². The minimum absolute atomic E-state index is 0.0391. The summed E-state index contributed by atoms with van der Waals surface area (Å²) < 4.78 is 0.811. The third-order valence-corrected chi connectivity index (χ3v) is 4.53. The summed E-state index contributed by atoms with van der Waals surface area (Å²) in [6, 6.07) is 3.40. The molecule has 1 atom stereocenters. The zero-order valence-corrected chi connectivity index (χ0v) is 13.2. The number of halogens is 1. The van der Waals surface area contributed by atoms with Crippen molar-refractivity contribution in [2.24, 2.45) is 5.73 Å². The number of nitrogens with zero attached hydrogens (tertiary/aromatic N) is 1. The SMILES string of the molecule is Cc1cc(C)c(Br)c(C(=O)NC2CCN(C(N)=O)C2)c1. The highest BCUT2D eigenvalue weighted by Crippen LogP contribution is 2.23. The Hall–Kier alpha value is -1.56. The Kier molecular flexibility index (Phi) is 4.32. The number of benzene rings is 1. The number of urea groups is 1. The lowest BCUT2D eigenvalue weighted by molar-refractivity contribution is 0.0937. The van der Waals surface area contributed by atoms with Crippen molar-refractivity contribution in [3.05, 3.63) is 33.3 Å². The van der Waals surface area contributed by atoms with Gasteiger partial charge in [-0.15, -0.1) is 0 Å². The van der Waals surface area contributed by atoms with Gasteiger partial charge in [-0.25, -0.2) is 4.79 Å². The van der Waals surface area contributed by atoms with Gasteiger partial charge in [-0.05, 0) is 53.4 Å². The summed E-state index contributed by atoms with van der Waals surface area (Å²) in [5.74, 6) is -0.125. The van der Waals surface area contributed by atoms with Gasteiger partial charge in [0.05, 0.1) is 5.56 Å². The van der Waals surface area contributed by atoms with Crippen molar-refractivity contribution in [1.82, 2.24) is 10.2 Å². The first kappa shape index (κ1) is 14.8. The second kappa shape index (κ2) is 5.83. The van der Waals surface area contributed by atoms with E-state index in [4.69, 9.17) is 5.73 Å². The first-order valence-electron chi connectivity index (χ1n) is 6.50. The third kappa shape index (κ3) is 3.12. The predicted octanol–water partition coefficient (Wildman–Crippen LogP) is 1.95. The summed E-state index contributed by atoms with van der Waals surface area (Å²) >= 11 is 3.45. The maximum atomic E-state index is 12.3. The second-order valence-electron chi connectivity index (χ2n) is 5.19. The number of nitrogens with two attached hydrogens (primary N) is 1. The van der Waals surface area contributed by atoms with E-state index < -0.39 is 6.03 Å². The molecule has 0 spiro atoms. The first-order valence-corrected chi connectivity index (χ1v) is 7.29. The highest BCUT2D eigenvalue weighted by Gasteiger charge is 2.26. The highest BCUT2D eigenvalue weighted by molar-refractivity contribution is 9.10. The van der Waals surface area contributed by atoms with Gasteiger partial charge < -0.3 is 16.0 Å². The van der Waals surface area contributed by atoms with Crippen LogP contribution in [0.3, 0.4) is 0 Å². The molecule has 0 saturated carbocycles. The number of nitrogens with one attached hydrogen (secondary N) is 1. The number of rotatable bonds is 2. The van der Waals surface area contributed by atoms with E-state index in [2.05, 4.69) is 21.2 Å². The standard InChI is InChI=1S/C14H18BrN3O2/c1-8-5-9(2)12(15)11(6-8)13(19)17-10-3-4-18(7-10)14(16)20/h5-6,10H,3-4,7H2,1-2H3,(H2,16,20)(H,17,19). The maximum absolute atomic E-state index is 12.3. The van der Waals surface area contributed by atoms with Crippen LogP contribution in [0.1, 0.15) is 27.9 Å². The van der Waals surface area contributed by atoms with Crippen molar-refractivity contribution in [3.8, 4) is 0 Å². The molecule has 5 nitrogen and oxygen atoms in total. The largest absolute Gasteiger partial charge is 0.351 e. The van der Waals surface area contributed by atoms with E-state index in [9.17, 15) is 9.59 Å². The quantitative estimate of drug-likeness (QED) is 0.863. The number of carbonyl (C=O) groups is 2. The lowest BCUT2D eigenvalue weighted by atomic mass is 10.1. The van der Waals surface area contributed by atoms with E-state index in [1.54, 1.807) is 4.90 Å². The van der Waals surface area contributed by atoms with Gasteiger partial charge in [-0.2, -0.15) is 0 Å². The fraction of sp³-hybridized carbons (Fsp3) is 0.429. The lowest BCUT2D eigenvalue weighted by Gasteiger charge is -2.16. The summed E-state index contributed by atoms with van der Waals surface area (Å²) in [5, 5.41) is 2.96. The molecule has 1 fully saturated rings. The van der Waals surface area contributed by atoms with E-state index in [-0.39, 0.29) is 11.9 Å². The number of amides is 3. The van der Waals surface area contributed by atoms with E-state index in [1.165, 1.54) is 0 Å². The van der Waals surface area contributed by atoms with Crippen molar-refractivity contribution in [2.45, 2.75) is 26.3 Å². The molecule has 0 aromatic heterocycles. The Morgan fingerprint density at radius 3 is 2.70 bits per heavy atom. The summed E-state index contributed by atoms with van der Waals surface area (Å²) in [6.07, 6.45) is 0.733. The molecule has 3 N–H and O–H groups in total. The zero-order chi connectivity index (χ0) is 14.9. The van der Waals surface area contributed by atoms with Crippen LogP contribution in [0.2, 0.25) is 0 Å². The van der Waals surface area contributed by atoms with Gasteiger partial charge in [0.2, 0.25) is 0 Å². The Morgan fingerprint density at radius 2 is 2.10 bits per heavy atom. The van der Waals surface area contributed by atoms with Gasteiger partial charge in [0.25, 0.3) is 5.91 Å². The molecule has 0 radical (unpaired) electrons. The topological polar surface area (TPSA) is 75.4 Å². The van der Waals surface area contributed by atoms with Crippen molar-refractivity contribution >= 4 is 27.9 Å². The average Bonchev–Trinajstić information content (AvgIpc) is 2.82. The molecule has 1 aliphatic rings. The Morgan fingerprint density at radius 1 is 1.40 bits per heavy atom. The number of primary amides is 1. The Bertz CT molecular complexity index is 560. The van der Waals surface area contributed by atoms with Crippen LogP contribution in [0.4, 0.5) is 4.79 Å². The number of likely N-dealkylation sites (tertiary alicyclic amines) is 1. The number of hydrogen-bond donors (Lipinski definition) is 2. The van der Waals surface area contributed by atoms with Gasteiger partial charge in [0.1, 0.15) is 0 Å². The van der Waals surface area contributed by atoms with Crippen molar-refractivity contribution in [3.63, 3.8) is 0 Å². The molecule has 20 heavy (non-hydrogen) atoms. The third-order valence-electron chi connectivity index (χ3n) is 3.48.